The number of halogens is 2. The van der Waals surface area contributed by atoms with E-state index in [0.29, 0.717) is 20.7 Å². The summed E-state index contributed by atoms with van der Waals surface area (Å²) in [6.07, 6.45) is 0. The summed E-state index contributed by atoms with van der Waals surface area (Å²) in [5.74, 6) is -0.320. The first kappa shape index (κ1) is 18.4. The Bertz CT molecular complexity index is 1230. The second-order valence-electron chi connectivity index (χ2n) is 5.62. The predicted molar refractivity (Wildman–Crippen MR) is 108 cm³/mol. The number of anilines is 1. The zero-order valence-electron chi connectivity index (χ0n) is 13.8. The maximum absolute atomic E-state index is 12.5. The number of carbonyl (C=O) groups excluding carboxylic acids is 1. The lowest BCUT2D eigenvalue weighted by atomic mass is 10.1. The Morgan fingerprint density at radius 2 is 1.93 bits per heavy atom. The van der Waals surface area contributed by atoms with Gasteiger partial charge in [-0.1, -0.05) is 46.7 Å². The smallest absolute Gasteiger partial charge is 0.293 e. The first-order valence-corrected chi connectivity index (χ1v) is 9.41. The van der Waals surface area contributed by atoms with Gasteiger partial charge in [0.1, 0.15) is 11.3 Å². The summed E-state index contributed by atoms with van der Waals surface area (Å²) >= 11 is 13.3. The fourth-order valence-corrected chi connectivity index (χ4v) is 3.88. The van der Waals surface area contributed by atoms with Gasteiger partial charge in [0.15, 0.2) is 10.9 Å². The molecule has 0 unspecified atom stereocenters. The lowest BCUT2D eigenvalue weighted by molar-refractivity contribution is -0.384. The van der Waals surface area contributed by atoms with E-state index in [1.807, 2.05) is 0 Å². The van der Waals surface area contributed by atoms with E-state index in [4.69, 9.17) is 27.6 Å². The number of carbonyl (C=O) groups is 1. The minimum atomic E-state index is -0.536. The molecule has 0 bridgehead atoms. The molecule has 10 heteroatoms. The van der Waals surface area contributed by atoms with Crippen molar-refractivity contribution in [3.63, 3.8) is 0 Å². The molecule has 0 fully saturated rings. The SMILES string of the molecule is O=C(Nc1nc2c(Cl)c(Cl)ccc2s1)c1ccc(-c2ccccc2[N+](=O)[O-])o1. The van der Waals surface area contributed by atoms with E-state index in [1.54, 1.807) is 30.3 Å². The molecule has 0 saturated heterocycles. The minimum absolute atomic E-state index is 0.00321. The number of nitro groups is 1. The molecule has 0 aliphatic heterocycles. The van der Waals surface area contributed by atoms with Crippen molar-refractivity contribution in [3.05, 3.63) is 74.5 Å². The molecular weight excluding hydrogens is 425 g/mol. The minimum Gasteiger partial charge on any atom is -0.451 e. The Morgan fingerprint density at radius 3 is 2.71 bits per heavy atom. The third kappa shape index (κ3) is 3.33. The molecule has 2 aromatic heterocycles. The second kappa shape index (κ2) is 7.23. The highest BCUT2D eigenvalue weighted by Crippen LogP contribution is 2.36. The van der Waals surface area contributed by atoms with Crippen molar-refractivity contribution in [1.29, 1.82) is 0 Å². The van der Waals surface area contributed by atoms with Gasteiger partial charge in [-0.2, -0.15) is 0 Å². The molecule has 2 heterocycles. The van der Waals surface area contributed by atoms with Crippen LogP contribution in [0.25, 0.3) is 21.5 Å². The number of amides is 1. The second-order valence-corrected chi connectivity index (χ2v) is 7.44. The number of nitrogens with one attached hydrogen (secondary N) is 1. The van der Waals surface area contributed by atoms with Crippen LogP contribution in [0.2, 0.25) is 10.0 Å². The predicted octanol–water partition coefficient (Wildman–Crippen LogP) is 6.02. The topological polar surface area (TPSA) is 98.3 Å². The van der Waals surface area contributed by atoms with Gasteiger partial charge in [-0.15, -0.1) is 0 Å². The van der Waals surface area contributed by atoms with Gasteiger partial charge in [0, 0.05) is 6.07 Å². The van der Waals surface area contributed by atoms with Crippen LogP contribution in [0, 0.1) is 10.1 Å². The Hall–Kier alpha value is -2.94. The van der Waals surface area contributed by atoms with Gasteiger partial charge in [-0.05, 0) is 30.3 Å². The Balaban J connectivity index is 1.61. The van der Waals surface area contributed by atoms with Gasteiger partial charge in [-0.25, -0.2) is 4.98 Å². The monoisotopic (exact) mass is 433 g/mol. The number of hydrogen-bond donors (Lipinski definition) is 1. The van der Waals surface area contributed by atoms with E-state index in [2.05, 4.69) is 10.3 Å². The van der Waals surface area contributed by atoms with Crippen LogP contribution in [0.4, 0.5) is 10.8 Å². The molecule has 0 aliphatic carbocycles. The number of nitro benzene ring substituents is 1. The number of hydrogen-bond acceptors (Lipinski definition) is 6. The maximum atomic E-state index is 12.5. The van der Waals surface area contributed by atoms with Crippen LogP contribution in [-0.2, 0) is 0 Å². The van der Waals surface area contributed by atoms with Crippen molar-refractivity contribution >= 4 is 61.5 Å². The summed E-state index contributed by atoms with van der Waals surface area (Å²) in [7, 11) is 0. The van der Waals surface area contributed by atoms with Crippen LogP contribution < -0.4 is 5.32 Å². The van der Waals surface area contributed by atoms with Gasteiger partial charge in [0.25, 0.3) is 11.6 Å². The van der Waals surface area contributed by atoms with Crippen molar-refractivity contribution in [2.45, 2.75) is 0 Å². The van der Waals surface area contributed by atoms with E-state index in [9.17, 15) is 14.9 Å². The number of nitrogens with zero attached hydrogens (tertiary/aromatic N) is 2. The van der Waals surface area contributed by atoms with Crippen molar-refractivity contribution in [2.24, 2.45) is 0 Å². The van der Waals surface area contributed by atoms with Crippen LogP contribution in [0.15, 0.2) is 52.9 Å². The zero-order valence-corrected chi connectivity index (χ0v) is 16.1. The molecule has 140 valence electrons. The van der Waals surface area contributed by atoms with Crippen LogP contribution in [0.1, 0.15) is 10.6 Å². The highest BCUT2D eigenvalue weighted by molar-refractivity contribution is 7.22. The molecule has 1 N–H and O–H groups in total. The summed E-state index contributed by atoms with van der Waals surface area (Å²) in [5.41, 5.74) is 0.670. The molecule has 28 heavy (non-hydrogen) atoms. The van der Waals surface area contributed by atoms with Crippen LogP contribution in [0.5, 0.6) is 0 Å². The van der Waals surface area contributed by atoms with Gasteiger partial charge in [0.05, 0.1) is 25.2 Å². The van der Waals surface area contributed by atoms with E-state index in [1.165, 1.54) is 29.5 Å². The molecule has 0 radical (unpaired) electrons. The number of aromatic nitrogens is 1. The Kier molecular flexibility index (Phi) is 4.76. The van der Waals surface area contributed by atoms with E-state index in [0.717, 1.165) is 4.70 Å². The Labute approximate surface area is 171 Å². The number of furan rings is 1. The molecule has 0 aliphatic rings. The number of benzene rings is 2. The average molecular weight is 434 g/mol. The van der Waals surface area contributed by atoms with Crippen LogP contribution in [-0.4, -0.2) is 15.8 Å². The standard InChI is InChI=1S/C18H9Cl2N3O4S/c19-10-5-8-14-16(15(10)20)21-18(28-14)22-17(24)13-7-6-12(27-13)9-3-1-2-4-11(9)23(25)26/h1-8H,(H,21,22,24). The van der Waals surface area contributed by atoms with Crippen molar-refractivity contribution < 1.29 is 14.1 Å². The first-order chi connectivity index (χ1) is 13.4. The highest BCUT2D eigenvalue weighted by atomic mass is 35.5. The summed E-state index contributed by atoms with van der Waals surface area (Å²) in [4.78, 5) is 27.4. The molecule has 0 spiro atoms. The quantitative estimate of drug-likeness (QED) is 0.313. The lowest BCUT2D eigenvalue weighted by Gasteiger charge is -2.00. The molecule has 7 nitrogen and oxygen atoms in total. The van der Waals surface area contributed by atoms with E-state index in [-0.39, 0.29) is 22.8 Å². The molecule has 1 amide bonds. The third-order valence-electron chi connectivity index (χ3n) is 3.87. The number of para-hydroxylation sites is 1. The first-order valence-electron chi connectivity index (χ1n) is 7.83. The molecule has 2 aromatic carbocycles. The van der Waals surface area contributed by atoms with Crippen LogP contribution >= 0.6 is 34.5 Å². The number of rotatable bonds is 4. The zero-order chi connectivity index (χ0) is 19.8. The maximum Gasteiger partial charge on any atom is 0.293 e. The normalized spacial score (nSPS) is 10.9. The van der Waals surface area contributed by atoms with Gasteiger partial charge < -0.3 is 4.42 Å². The lowest BCUT2D eigenvalue weighted by Crippen LogP contribution is -2.10. The molecule has 0 atom stereocenters. The van der Waals surface area contributed by atoms with Gasteiger partial charge in [0.2, 0.25) is 0 Å². The van der Waals surface area contributed by atoms with E-state index >= 15 is 0 Å². The third-order valence-corrected chi connectivity index (χ3v) is 5.60. The number of thiazole rings is 1. The fourth-order valence-electron chi connectivity index (χ4n) is 2.60. The fraction of sp³-hybridized carbons (Fsp3) is 0. The Morgan fingerprint density at radius 1 is 1.14 bits per heavy atom. The van der Waals surface area contributed by atoms with E-state index < -0.39 is 10.8 Å². The molecule has 0 saturated carbocycles. The summed E-state index contributed by atoms with van der Waals surface area (Å²) in [6, 6.07) is 12.5. The summed E-state index contributed by atoms with van der Waals surface area (Å²) in [6.45, 7) is 0. The molecule has 4 aromatic rings. The van der Waals surface area contributed by atoms with Crippen molar-refractivity contribution in [3.8, 4) is 11.3 Å². The summed E-state index contributed by atoms with van der Waals surface area (Å²) < 4.78 is 6.29. The van der Waals surface area contributed by atoms with Crippen LogP contribution in [0.3, 0.4) is 0 Å². The van der Waals surface area contributed by atoms with Crippen molar-refractivity contribution in [2.75, 3.05) is 5.32 Å². The van der Waals surface area contributed by atoms with Crippen molar-refractivity contribution in [1.82, 2.24) is 4.98 Å². The summed E-state index contributed by atoms with van der Waals surface area (Å²) in [5, 5.41) is 14.8. The number of fused-ring (bicyclic) bond motifs is 1. The highest BCUT2D eigenvalue weighted by Gasteiger charge is 2.20. The van der Waals surface area contributed by atoms with Gasteiger partial charge in [-0.3, -0.25) is 20.2 Å². The molecule has 4 rings (SSSR count). The average Bonchev–Trinajstić information content (AvgIpc) is 3.32. The molecular formula is C18H9Cl2N3O4S. The largest absolute Gasteiger partial charge is 0.451 e. The van der Waals surface area contributed by atoms with Gasteiger partial charge >= 0.3 is 0 Å².